The van der Waals surface area contributed by atoms with E-state index in [-0.39, 0.29) is 6.61 Å². The highest BCUT2D eigenvalue weighted by Gasteiger charge is 2.53. The largest absolute Gasteiger partial charge is 0.333 e. The normalized spacial score (nSPS) is 45.6. The molecule has 3 heteroatoms. The lowest BCUT2D eigenvalue weighted by atomic mass is 10.3. The summed E-state index contributed by atoms with van der Waals surface area (Å²) in [5.74, 6) is -1.39. The van der Waals surface area contributed by atoms with E-state index in [1.807, 2.05) is 0 Å². The van der Waals surface area contributed by atoms with Gasteiger partial charge in [-0.2, -0.15) is 0 Å². The third-order valence-electron chi connectivity index (χ3n) is 1.14. The van der Waals surface area contributed by atoms with Crippen LogP contribution in [0.5, 0.6) is 0 Å². The summed E-state index contributed by atoms with van der Waals surface area (Å²) >= 11 is 0. The van der Waals surface area contributed by atoms with Crippen molar-refractivity contribution in [1.29, 1.82) is 0 Å². The molecule has 1 atom stereocenters. The van der Waals surface area contributed by atoms with E-state index in [2.05, 4.69) is 9.73 Å². The Morgan fingerprint density at radius 1 is 1.86 bits per heavy atom. The molecule has 1 fully saturated rings. The molecule has 38 valence electrons. The molecule has 0 unspecified atom stereocenters. The molecule has 0 saturated carbocycles. The van der Waals surface area contributed by atoms with Crippen molar-refractivity contribution in [2.24, 2.45) is 4.99 Å². The minimum absolute atomic E-state index is 0.228. The summed E-state index contributed by atoms with van der Waals surface area (Å²) in [6.07, 6.45) is 0. The molecule has 0 aliphatic carbocycles. The molecule has 0 aromatic heterocycles. The summed E-state index contributed by atoms with van der Waals surface area (Å²) in [5, 5.41) is 0. The van der Waals surface area contributed by atoms with Gasteiger partial charge in [-0.25, -0.2) is 4.39 Å². The van der Waals surface area contributed by atoms with Crippen LogP contribution in [0.3, 0.4) is 0 Å². The van der Waals surface area contributed by atoms with Crippen LogP contribution >= 0.6 is 0 Å². The summed E-state index contributed by atoms with van der Waals surface area (Å²) < 4.78 is 16.8. The Balaban J connectivity index is 2.18. The minimum atomic E-state index is -1.39. The molecule has 0 N–H and O–H groups in total. The second-order valence-corrected chi connectivity index (χ2v) is 1.78. The molecule has 2 rings (SSSR count). The highest BCUT2D eigenvalue weighted by Crippen LogP contribution is 2.34. The number of halogens is 1. The molecular formula is C4H4FNO. The lowest BCUT2D eigenvalue weighted by Gasteiger charge is -1.83. The van der Waals surface area contributed by atoms with E-state index in [9.17, 15) is 4.39 Å². The monoisotopic (exact) mass is 101 g/mol. The topological polar surface area (TPSA) is 24.9 Å². The van der Waals surface area contributed by atoms with Crippen LogP contribution in [0.4, 0.5) is 4.39 Å². The summed E-state index contributed by atoms with van der Waals surface area (Å²) in [5.41, 5.74) is 0.590. The number of aliphatic imine (C=N–C) groups is 1. The van der Waals surface area contributed by atoms with Gasteiger partial charge in [0.15, 0.2) is 0 Å². The number of alkyl halides is 1. The summed E-state index contributed by atoms with van der Waals surface area (Å²) in [6.45, 7) is 0.808. The van der Waals surface area contributed by atoms with Gasteiger partial charge in [-0.15, -0.1) is 0 Å². The number of epoxide rings is 1. The Morgan fingerprint density at radius 3 is 2.57 bits per heavy atom. The Bertz CT molecular complexity index is 139. The van der Waals surface area contributed by atoms with Gasteiger partial charge in [0.25, 0.3) is 5.85 Å². The maximum atomic E-state index is 12.3. The smallest absolute Gasteiger partial charge is 0.273 e. The predicted molar refractivity (Wildman–Crippen MR) is 22.1 cm³/mol. The maximum absolute atomic E-state index is 12.3. The molecule has 0 amide bonds. The SMILES string of the molecule is F[C@@]1(C2=NC2)CO1. The van der Waals surface area contributed by atoms with Gasteiger partial charge >= 0.3 is 0 Å². The fourth-order valence-electron chi connectivity index (χ4n) is 0.506. The Morgan fingerprint density at radius 2 is 2.43 bits per heavy atom. The second kappa shape index (κ2) is 0.733. The average Bonchev–Trinajstić information content (AvgIpc) is 2.14. The van der Waals surface area contributed by atoms with E-state index in [4.69, 9.17) is 0 Å². The van der Waals surface area contributed by atoms with Gasteiger partial charge in [-0.3, -0.25) is 4.99 Å². The average molecular weight is 101 g/mol. The maximum Gasteiger partial charge on any atom is 0.273 e. The van der Waals surface area contributed by atoms with Gasteiger partial charge in [0.1, 0.15) is 12.3 Å². The van der Waals surface area contributed by atoms with Gasteiger partial charge in [0.2, 0.25) is 0 Å². The number of hydrogen-bond acceptors (Lipinski definition) is 2. The predicted octanol–water partition coefficient (Wildman–Crippen LogP) is 0.137. The fraction of sp³-hybridized carbons (Fsp3) is 0.750. The number of rotatable bonds is 1. The van der Waals surface area contributed by atoms with E-state index in [1.54, 1.807) is 0 Å². The van der Waals surface area contributed by atoms with Crippen molar-refractivity contribution in [2.45, 2.75) is 5.85 Å². The van der Waals surface area contributed by atoms with Crippen LogP contribution in [0.1, 0.15) is 0 Å². The summed E-state index contributed by atoms with van der Waals surface area (Å²) in [7, 11) is 0. The highest BCUT2D eigenvalue weighted by molar-refractivity contribution is 6.04. The molecule has 2 aliphatic heterocycles. The van der Waals surface area contributed by atoms with E-state index in [0.717, 1.165) is 0 Å². The van der Waals surface area contributed by atoms with Crippen LogP contribution in [-0.4, -0.2) is 24.7 Å². The summed E-state index contributed by atoms with van der Waals surface area (Å²) in [6, 6.07) is 0. The molecule has 1 saturated heterocycles. The molecule has 7 heavy (non-hydrogen) atoms. The highest BCUT2D eigenvalue weighted by atomic mass is 19.2. The number of ether oxygens (including phenoxy) is 1. The standard InChI is InChI=1S/C4H4FNO/c5-4(2-7-4)3-1-6-3/h1-2H2/t4-/m0/s1. The van der Waals surface area contributed by atoms with Crippen LogP contribution < -0.4 is 0 Å². The lowest BCUT2D eigenvalue weighted by Crippen LogP contribution is -2.08. The summed E-state index contributed by atoms with van der Waals surface area (Å²) in [4.78, 5) is 3.65. The van der Waals surface area contributed by atoms with Crippen molar-refractivity contribution in [2.75, 3.05) is 13.2 Å². The second-order valence-electron chi connectivity index (χ2n) is 1.78. The Kier molecular flexibility index (Phi) is 0.371. The first-order chi connectivity index (χ1) is 3.31. The first kappa shape index (κ1) is 3.55. The van der Waals surface area contributed by atoms with Crippen LogP contribution in [0, 0.1) is 0 Å². The molecule has 0 bridgehead atoms. The van der Waals surface area contributed by atoms with Crippen LogP contribution in [0.15, 0.2) is 4.99 Å². The molecule has 0 spiro atoms. The minimum Gasteiger partial charge on any atom is -0.333 e. The molecular weight excluding hydrogens is 97.0 g/mol. The number of hydrogen-bond donors (Lipinski definition) is 0. The molecule has 0 aromatic carbocycles. The number of nitrogens with zero attached hydrogens (tertiary/aromatic N) is 1. The molecule has 0 radical (unpaired) electrons. The van der Waals surface area contributed by atoms with Crippen LogP contribution in [-0.2, 0) is 4.74 Å². The van der Waals surface area contributed by atoms with Gasteiger partial charge in [0.05, 0.1) is 6.54 Å². The quantitative estimate of drug-likeness (QED) is 0.431. The zero-order valence-corrected chi connectivity index (χ0v) is 3.65. The van der Waals surface area contributed by atoms with E-state index in [1.165, 1.54) is 0 Å². The zero-order valence-electron chi connectivity index (χ0n) is 3.65. The molecule has 0 aromatic rings. The van der Waals surface area contributed by atoms with Crippen molar-refractivity contribution in [3.63, 3.8) is 0 Å². The fourth-order valence-corrected chi connectivity index (χ4v) is 0.506. The Hall–Kier alpha value is -0.440. The van der Waals surface area contributed by atoms with Crippen molar-refractivity contribution in [3.8, 4) is 0 Å². The lowest BCUT2D eigenvalue weighted by molar-refractivity contribution is 0.216. The zero-order chi connectivity index (χ0) is 4.91. The van der Waals surface area contributed by atoms with Crippen molar-refractivity contribution >= 4 is 5.71 Å². The first-order valence-corrected chi connectivity index (χ1v) is 2.18. The van der Waals surface area contributed by atoms with E-state index < -0.39 is 5.85 Å². The third-order valence-corrected chi connectivity index (χ3v) is 1.14. The van der Waals surface area contributed by atoms with Crippen molar-refractivity contribution in [3.05, 3.63) is 0 Å². The first-order valence-electron chi connectivity index (χ1n) is 2.18. The van der Waals surface area contributed by atoms with E-state index in [0.29, 0.717) is 12.3 Å². The van der Waals surface area contributed by atoms with Gasteiger partial charge in [0, 0.05) is 0 Å². The van der Waals surface area contributed by atoms with Gasteiger partial charge in [-0.05, 0) is 0 Å². The van der Waals surface area contributed by atoms with E-state index >= 15 is 0 Å². The Labute approximate surface area is 40.0 Å². The van der Waals surface area contributed by atoms with Crippen LogP contribution in [0.2, 0.25) is 0 Å². The van der Waals surface area contributed by atoms with Gasteiger partial charge in [-0.1, -0.05) is 0 Å². The third kappa shape index (κ3) is 0.383. The van der Waals surface area contributed by atoms with Crippen molar-refractivity contribution in [1.82, 2.24) is 0 Å². The molecule has 2 aliphatic rings. The van der Waals surface area contributed by atoms with Crippen molar-refractivity contribution < 1.29 is 9.13 Å². The molecule has 2 nitrogen and oxygen atoms in total. The van der Waals surface area contributed by atoms with Gasteiger partial charge < -0.3 is 4.74 Å². The molecule has 2 heterocycles. The van der Waals surface area contributed by atoms with Crippen LogP contribution in [0.25, 0.3) is 0 Å².